The Morgan fingerprint density at radius 2 is 2.12 bits per heavy atom. The molecule has 1 aliphatic heterocycles. The lowest BCUT2D eigenvalue weighted by Gasteiger charge is -2.28. The van der Waals surface area contributed by atoms with E-state index in [1.54, 1.807) is 18.5 Å². The zero-order valence-corrected chi connectivity index (χ0v) is 9.13. The highest BCUT2D eigenvalue weighted by atomic mass is 16.5. The van der Waals surface area contributed by atoms with Gasteiger partial charge >= 0.3 is 0 Å². The van der Waals surface area contributed by atoms with E-state index in [0.29, 0.717) is 12.5 Å². The number of hydrogen-bond donors (Lipinski definition) is 0. The number of nitrogens with zero attached hydrogens (tertiary/aromatic N) is 3. The molecule has 0 radical (unpaired) electrons. The van der Waals surface area contributed by atoms with Crippen molar-refractivity contribution in [2.75, 3.05) is 37.8 Å². The van der Waals surface area contributed by atoms with Crippen LogP contribution in [0.1, 0.15) is 0 Å². The number of aromatic nitrogens is 2. The van der Waals surface area contributed by atoms with Crippen molar-refractivity contribution in [2.24, 2.45) is 0 Å². The predicted octanol–water partition coefficient (Wildman–Crippen LogP) is 0.878. The van der Waals surface area contributed by atoms with E-state index in [1.165, 1.54) is 0 Å². The summed E-state index contributed by atoms with van der Waals surface area (Å²) in [5, 5.41) is 0. The zero-order valence-electron chi connectivity index (χ0n) is 9.13. The Kier molecular flexibility index (Phi) is 3.71. The van der Waals surface area contributed by atoms with E-state index in [0.717, 1.165) is 32.1 Å². The maximum absolute atomic E-state index is 5.47. The Labute approximate surface area is 94.7 Å². The fraction of sp³-hybridized carbons (Fsp3) is 0.455. The van der Waals surface area contributed by atoms with Gasteiger partial charge in [-0.2, -0.15) is 0 Å². The van der Waals surface area contributed by atoms with Crippen molar-refractivity contribution in [1.29, 1.82) is 0 Å². The van der Waals surface area contributed by atoms with Gasteiger partial charge in [0, 0.05) is 25.5 Å². The quantitative estimate of drug-likeness (QED) is 0.706. The maximum Gasteiger partial charge on any atom is 0.257 e. The molecule has 2 rings (SSSR count). The molecule has 0 aliphatic carbocycles. The Bertz CT molecular complexity index is 351. The van der Waals surface area contributed by atoms with E-state index in [4.69, 9.17) is 9.47 Å². The monoisotopic (exact) mass is 221 g/mol. The van der Waals surface area contributed by atoms with Crippen LogP contribution in [0.3, 0.4) is 0 Å². The average Bonchev–Trinajstić information content (AvgIpc) is 2.38. The topological polar surface area (TPSA) is 47.5 Å². The first kappa shape index (κ1) is 10.9. The van der Waals surface area contributed by atoms with Gasteiger partial charge in [0.2, 0.25) is 0 Å². The summed E-state index contributed by atoms with van der Waals surface area (Å²) in [5.41, 5.74) is 0. The Balaban J connectivity index is 2.14. The van der Waals surface area contributed by atoms with Crippen LogP contribution >= 0.6 is 0 Å². The molecule has 1 saturated heterocycles. The summed E-state index contributed by atoms with van der Waals surface area (Å²) in [4.78, 5) is 10.6. The first-order chi connectivity index (χ1) is 7.92. The van der Waals surface area contributed by atoms with Gasteiger partial charge in [0.05, 0.1) is 13.2 Å². The molecular weight excluding hydrogens is 206 g/mol. The lowest BCUT2D eigenvalue weighted by molar-refractivity contribution is 0.122. The van der Waals surface area contributed by atoms with Crippen molar-refractivity contribution >= 4 is 5.82 Å². The highest BCUT2D eigenvalue weighted by Gasteiger charge is 2.17. The second-order valence-electron chi connectivity index (χ2n) is 3.38. The molecular formula is C11H15N3O2. The molecule has 1 fully saturated rings. The molecule has 0 aromatic carbocycles. The molecule has 2 heterocycles. The van der Waals surface area contributed by atoms with Gasteiger partial charge in [-0.3, -0.25) is 0 Å². The Morgan fingerprint density at radius 1 is 1.38 bits per heavy atom. The minimum absolute atomic E-state index is 0.441. The van der Waals surface area contributed by atoms with Crippen molar-refractivity contribution < 1.29 is 9.47 Å². The second kappa shape index (κ2) is 5.46. The average molecular weight is 221 g/mol. The van der Waals surface area contributed by atoms with Crippen molar-refractivity contribution in [1.82, 2.24) is 9.97 Å². The molecule has 5 heteroatoms. The van der Waals surface area contributed by atoms with Crippen LogP contribution in [0.5, 0.6) is 5.88 Å². The zero-order chi connectivity index (χ0) is 11.2. The highest BCUT2D eigenvalue weighted by molar-refractivity contribution is 5.48. The molecule has 5 nitrogen and oxygen atoms in total. The van der Waals surface area contributed by atoms with E-state index in [9.17, 15) is 0 Å². The van der Waals surface area contributed by atoms with Crippen LogP contribution in [-0.4, -0.2) is 42.9 Å². The van der Waals surface area contributed by atoms with Crippen LogP contribution in [0.2, 0.25) is 0 Å². The van der Waals surface area contributed by atoms with Gasteiger partial charge in [0.15, 0.2) is 5.82 Å². The van der Waals surface area contributed by atoms with Crippen LogP contribution in [-0.2, 0) is 4.74 Å². The van der Waals surface area contributed by atoms with Gasteiger partial charge in [-0.25, -0.2) is 9.97 Å². The van der Waals surface area contributed by atoms with Crippen LogP contribution in [0.15, 0.2) is 25.0 Å². The summed E-state index contributed by atoms with van der Waals surface area (Å²) in [6.45, 7) is 7.14. The molecule has 0 N–H and O–H groups in total. The van der Waals surface area contributed by atoms with E-state index >= 15 is 0 Å². The van der Waals surface area contributed by atoms with Gasteiger partial charge in [0.25, 0.3) is 5.88 Å². The minimum atomic E-state index is 0.441. The van der Waals surface area contributed by atoms with Crippen LogP contribution in [0, 0.1) is 0 Å². The van der Waals surface area contributed by atoms with E-state index in [-0.39, 0.29) is 0 Å². The number of ether oxygens (including phenoxy) is 2. The molecule has 0 spiro atoms. The molecule has 0 bridgehead atoms. The summed E-state index contributed by atoms with van der Waals surface area (Å²) in [6.07, 6.45) is 4.99. The first-order valence-electron chi connectivity index (χ1n) is 5.29. The van der Waals surface area contributed by atoms with Crippen LogP contribution in [0.4, 0.5) is 5.82 Å². The third-order valence-electron chi connectivity index (χ3n) is 2.30. The number of hydrogen-bond acceptors (Lipinski definition) is 5. The molecule has 0 amide bonds. The Hall–Kier alpha value is -1.62. The molecule has 0 atom stereocenters. The van der Waals surface area contributed by atoms with E-state index in [1.807, 2.05) is 0 Å². The van der Waals surface area contributed by atoms with E-state index in [2.05, 4.69) is 21.4 Å². The summed E-state index contributed by atoms with van der Waals surface area (Å²) in [6, 6.07) is 0. The lowest BCUT2D eigenvalue weighted by atomic mass is 10.4. The molecule has 1 aromatic heterocycles. The maximum atomic E-state index is 5.47. The summed E-state index contributed by atoms with van der Waals surface area (Å²) < 4.78 is 10.8. The molecule has 0 unspecified atom stereocenters. The number of rotatable bonds is 4. The largest absolute Gasteiger partial charge is 0.471 e. The lowest BCUT2D eigenvalue weighted by Crippen LogP contribution is -2.37. The Morgan fingerprint density at radius 3 is 2.88 bits per heavy atom. The SMILES string of the molecule is C=CCOc1nccnc1N1CCOCC1. The molecule has 86 valence electrons. The third-order valence-corrected chi connectivity index (χ3v) is 2.30. The van der Waals surface area contributed by atoms with Crippen LogP contribution < -0.4 is 9.64 Å². The van der Waals surface area contributed by atoms with Gasteiger partial charge < -0.3 is 14.4 Å². The smallest absolute Gasteiger partial charge is 0.257 e. The molecule has 1 aliphatic rings. The normalized spacial score (nSPS) is 15.9. The van der Waals surface area contributed by atoms with Crippen molar-refractivity contribution in [3.63, 3.8) is 0 Å². The number of morpholine rings is 1. The predicted molar refractivity (Wildman–Crippen MR) is 60.8 cm³/mol. The number of anilines is 1. The fourth-order valence-electron chi connectivity index (χ4n) is 1.55. The van der Waals surface area contributed by atoms with Gasteiger partial charge in [-0.05, 0) is 0 Å². The van der Waals surface area contributed by atoms with Gasteiger partial charge in [-0.15, -0.1) is 0 Å². The highest BCUT2D eigenvalue weighted by Crippen LogP contribution is 2.22. The van der Waals surface area contributed by atoms with Crippen molar-refractivity contribution in [3.8, 4) is 5.88 Å². The van der Waals surface area contributed by atoms with Crippen molar-refractivity contribution in [3.05, 3.63) is 25.0 Å². The van der Waals surface area contributed by atoms with E-state index < -0.39 is 0 Å². The first-order valence-corrected chi connectivity index (χ1v) is 5.29. The molecule has 0 saturated carbocycles. The summed E-state index contributed by atoms with van der Waals surface area (Å²) >= 11 is 0. The van der Waals surface area contributed by atoms with Gasteiger partial charge in [-0.1, -0.05) is 12.7 Å². The molecule has 1 aromatic rings. The standard InChI is InChI=1S/C11H15N3O2/c1-2-7-16-11-10(12-3-4-13-11)14-5-8-15-9-6-14/h2-4H,1,5-9H2. The van der Waals surface area contributed by atoms with Crippen molar-refractivity contribution in [2.45, 2.75) is 0 Å². The summed E-state index contributed by atoms with van der Waals surface area (Å²) in [5.74, 6) is 1.34. The fourth-order valence-corrected chi connectivity index (χ4v) is 1.55. The summed E-state index contributed by atoms with van der Waals surface area (Å²) in [7, 11) is 0. The second-order valence-corrected chi connectivity index (χ2v) is 3.38. The third kappa shape index (κ3) is 2.49. The van der Waals surface area contributed by atoms with Crippen LogP contribution in [0.25, 0.3) is 0 Å². The molecule has 16 heavy (non-hydrogen) atoms. The van der Waals surface area contributed by atoms with Gasteiger partial charge in [0.1, 0.15) is 6.61 Å². The minimum Gasteiger partial charge on any atom is -0.471 e.